The number of H-pyrrole nitrogens is 1. The maximum absolute atomic E-state index is 14.2. The molecule has 0 saturated heterocycles. The van der Waals surface area contributed by atoms with Gasteiger partial charge in [-0.15, -0.1) is 12.4 Å². The lowest BCUT2D eigenvalue weighted by Crippen LogP contribution is -2.25. The molecule has 3 aromatic rings. The van der Waals surface area contributed by atoms with Crippen LogP contribution in [0.3, 0.4) is 0 Å². The molecule has 8 heteroatoms. The molecule has 0 spiro atoms. The average Bonchev–Trinajstić information content (AvgIpc) is 3.27. The minimum atomic E-state index is -0.316. The SMILES string of the molecule is Cl.Nc1nc2[nH]cnc2c(=O)n1CCc1ccc(C2CC2)cc1F. The van der Waals surface area contributed by atoms with E-state index in [2.05, 4.69) is 15.0 Å². The number of hydrogen-bond donors (Lipinski definition) is 2. The molecule has 24 heavy (non-hydrogen) atoms. The number of hydrogen-bond acceptors (Lipinski definition) is 4. The summed E-state index contributed by atoms with van der Waals surface area (Å²) in [6.45, 7) is 0.264. The fraction of sp³-hybridized carbons (Fsp3) is 0.312. The summed E-state index contributed by atoms with van der Waals surface area (Å²) in [5, 5.41) is 0. The largest absolute Gasteiger partial charge is 0.369 e. The lowest BCUT2D eigenvalue weighted by Gasteiger charge is -2.10. The van der Waals surface area contributed by atoms with Crippen LogP contribution in [0.25, 0.3) is 11.2 Å². The van der Waals surface area contributed by atoms with Crippen LogP contribution in [0.4, 0.5) is 10.3 Å². The zero-order valence-electron chi connectivity index (χ0n) is 12.8. The molecule has 0 radical (unpaired) electrons. The zero-order chi connectivity index (χ0) is 16.0. The highest BCUT2D eigenvalue weighted by molar-refractivity contribution is 5.85. The lowest BCUT2D eigenvalue weighted by molar-refractivity contribution is 0.588. The standard InChI is InChI=1S/C16H16FN5O.ClH/c17-12-7-11(9-1-2-9)4-3-10(12)5-6-22-15(23)13-14(20-8-19-13)21-16(22)18;/h3-4,7-9H,1-2,5-6H2,(H2,18,21)(H,19,20);1H. The maximum atomic E-state index is 14.2. The first-order valence-electron chi connectivity index (χ1n) is 7.61. The molecule has 4 rings (SSSR count). The molecule has 1 aromatic carbocycles. The molecule has 0 amide bonds. The van der Waals surface area contributed by atoms with Crippen LogP contribution in [0.5, 0.6) is 0 Å². The summed E-state index contributed by atoms with van der Waals surface area (Å²) in [6, 6.07) is 5.37. The highest BCUT2D eigenvalue weighted by Crippen LogP contribution is 2.40. The van der Waals surface area contributed by atoms with E-state index in [-0.39, 0.29) is 41.8 Å². The second-order valence-corrected chi connectivity index (χ2v) is 5.90. The Labute approximate surface area is 143 Å². The highest BCUT2D eigenvalue weighted by Gasteiger charge is 2.24. The van der Waals surface area contributed by atoms with Crippen molar-refractivity contribution in [3.8, 4) is 0 Å². The zero-order valence-corrected chi connectivity index (χ0v) is 13.6. The summed E-state index contributed by atoms with van der Waals surface area (Å²) >= 11 is 0. The minimum absolute atomic E-state index is 0. The van der Waals surface area contributed by atoms with E-state index in [0.29, 0.717) is 23.5 Å². The van der Waals surface area contributed by atoms with Crippen molar-refractivity contribution in [2.24, 2.45) is 0 Å². The summed E-state index contributed by atoms with van der Waals surface area (Å²) < 4.78 is 15.5. The number of nitrogens with zero attached hydrogens (tertiary/aromatic N) is 3. The molecule has 3 N–H and O–H groups in total. The first-order chi connectivity index (χ1) is 11.1. The molecule has 1 aliphatic rings. The topological polar surface area (TPSA) is 89.6 Å². The van der Waals surface area contributed by atoms with Gasteiger partial charge in [0.25, 0.3) is 5.56 Å². The van der Waals surface area contributed by atoms with Gasteiger partial charge in [-0.1, -0.05) is 12.1 Å². The summed E-state index contributed by atoms with van der Waals surface area (Å²) in [5.74, 6) is 0.389. The van der Waals surface area contributed by atoms with E-state index >= 15 is 0 Å². The van der Waals surface area contributed by atoms with Crippen molar-refractivity contribution in [2.75, 3.05) is 5.73 Å². The molecule has 1 fully saturated rings. The Hall–Kier alpha value is -2.41. The molecule has 2 heterocycles. The van der Waals surface area contributed by atoms with E-state index in [1.807, 2.05) is 6.07 Å². The highest BCUT2D eigenvalue weighted by atomic mass is 35.5. The molecule has 126 valence electrons. The van der Waals surface area contributed by atoms with E-state index in [4.69, 9.17) is 5.73 Å². The van der Waals surface area contributed by atoms with Gasteiger partial charge in [0.2, 0.25) is 5.95 Å². The number of rotatable bonds is 4. The van der Waals surface area contributed by atoms with Crippen LogP contribution >= 0.6 is 12.4 Å². The van der Waals surface area contributed by atoms with Crippen LogP contribution in [0.2, 0.25) is 0 Å². The number of aryl methyl sites for hydroxylation is 1. The molecular weight excluding hydrogens is 333 g/mol. The van der Waals surface area contributed by atoms with Gasteiger partial charge in [-0.3, -0.25) is 9.36 Å². The minimum Gasteiger partial charge on any atom is -0.369 e. The third kappa shape index (κ3) is 2.87. The van der Waals surface area contributed by atoms with Crippen LogP contribution < -0.4 is 11.3 Å². The number of nitrogens with two attached hydrogens (primary N) is 1. The number of nitrogen functional groups attached to an aromatic ring is 1. The fourth-order valence-corrected chi connectivity index (χ4v) is 2.82. The number of benzene rings is 1. The predicted molar refractivity (Wildman–Crippen MR) is 91.9 cm³/mol. The summed E-state index contributed by atoms with van der Waals surface area (Å²) in [6.07, 6.45) is 4.05. The second-order valence-electron chi connectivity index (χ2n) is 5.90. The van der Waals surface area contributed by atoms with E-state index < -0.39 is 0 Å². The summed E-state index contributed by atoms with van der Waals surface area (Å²) in [5.41, 5.74) is 7.75. The first kappa shape index (κ1) is 16.4. The van der Waals surface area contributed by atoms with E-state index in [1.165, 1.54) is 10.9 Å². The number of aromatic nitrogens is 4. The molecule has 0 unspecified atom stereocenters. The van der Waals surface area contributed by atoms with Crippen LogP contribution in [-0.2, 0) is 13.0 Å². The predicted octanol–water partition coefficient (Wildman–Crippen LogP) is 2.38. The van der Waals surface area contributed by atoms with E-state index in [9.17, 15) is 9.18 Å². The van der Waals surface area contributed by atoms with Crippen LogP contribution in [0.1, 0.15) is 29.9 Å². The van der Waals surface area contributed by atoms with Crippen molar-refractivity contribution in [3.05, 3.63) is 51.8 Å². The van der Waals surface area contributed by atoms with Crippen molar-refractivity contribution < 1.29 is 4.39 Å². The quantitative estimate of drug-likeness (QED) is 0.756. The van der Waals surface area contributed by atoms with E-state index in [0.717, 1.165) is 18.4 Å². The molecule has 2 aromatic heterocycles. The fourth-order valence-electron chi connectivity index (χ4n) is 2.82. The first-order valence-corrected chi connectivity index (χ1v) is 7.61. The number of aromatic amines is 1. The molecule has 6 nitrogen and oxygen atoms in total. The monoisotopic (exact) mass is 349 g/mol. The molecule has 0 aliphatic heterocycles. The van der Waals surface area contributed by atoms with E-state index in [1.54, 1.807) is 12.1 Å². The normalized spacial score (nSPS) is 13.9. The Morgan fingerprint density at radius 1 is 1.38 bits per heavy atom. The maximum Gasteiger partial charge on any atom is 0.283 e. The van der Waals surface area contributed by atoms with Crippen molar-refractivity contribution in [2.45, 2.75) is 31.7 Å². The summed E-state index contributed by atoms with van der Waals surface area (Å²) in [4.78, 5) is 23.1. The van der Waals surface area contributed by atoms with Gasteiger partial charge >= 0.3 is 0 Å². The van der Waals surface area contributed by atoms with Gasteiger partial charge in [0.15, 0.2) is 11.2 Å². The molecule has 0 atom stereocenters. The smallest absolute Gasteiger partial charge is 0.283 e. The Bertz CT molecular complexity index is 947. The molecule has 1 aliphatic carbocycles. The van der Waals surface area contributed by atoms with Crippen LogP contribution in [0.15, 0.2) is 29.3 Å². The Morgan fingerprint density at radius 2 is 2.17 bits per heavy atom. The average molecular weight is 350 g/mol. The number of anilines is 1. The van der Waals surface area contributed by atoms with Gasteiger partial charge in [0.1, 0.15) is 5.82 Å². The van der Waals surface area contributed by atoms with Gasteiger partial charge in [0.05, 0.1) is 6.33 Å². The number of fused-ring (bicyclic) bond motifs is 1. The van der Waals surface area contributed by atoms with Crippen molar-refractivity contribution in [1.29, 1.82) is 0 Å². The van der Waals surface area contributed by atoms with Crippen molar-refractivity contribution >= 4 is 29.5 Å². The lowest BCUT2D eigenvalue weighted by atomic mass is 10.1. The van der Waals surface area contributed by atoms with Crippen LogP contribution in [0, 0.1) is 5.82 Å². The van der Waals surface area contributed by atoms with Gasteiger partial charge in [-0.2, -0.15) is 4.98 Å². The Morgan fingerprint density at radius 3 is 2.88 bits per heavy atom. The number of nitrogens with one attached hydrogen (secondary N) is 1. The molecule has 0 bridgehead atoms. The number of imidazole rings is 1. The Balaban J connectivity index is 0.00000169. The molecular formula is C16H17ClFN5O. The van der Waals surface area contributed by atoms with Crippen molar-refractivity contribution in [1.82, 2.24) is 19.5 Å². The second kappa shape index (κ2) is 6.24. The third-order valence-electron chi connectivity index (χ3n) is 4.30. The third-order valence-corrected chi connectivity index (χ3v) is 4.30. The van der Waals surface area contributed by atoms with Gasteiger partial charge in [-0.05, 0) is 42.4 Å². The van der Waals surface area contributed by atoms with Gasteiger partial charge in [0, 0.05) is 6.54 Å². The van der Waals surface area contributed by atoms with Gasteiger partial charge < -0.3 is 10.7 Å². The van der Waals surface area contributed by atoms with Crippen molar-refractivity contribution in [3.63, 3.8) is 0 Å². The van der Waals surface area contributed by atoms with Crippen LogP contribution in [-0.4, -0.2) is 19.5 Å². The Kier molecular flexibility index (Phi) is 4.28. The number of halogens is 2. The van der Waals surface area contributed by atoms with Gasteiger partial charge in [-0.25, -0.2) is 9.37 Å². The summed E-state index contributed by atoms with van der Waals surface area (Å²) in [7, 11) is 0. The molecule has 1 saturated carbocycles.